The van der Waals surface area contributed by atoms with E-state index in [1.807, 2.05) is 0 Å². The van der Waals surface area contributed by atoms with Crippen LogP contribution in [0.25, 0.3) is 0 Å². The maximum absolute atomic E-state index is 11.4. The van der Waals surface area contributed by atoms with Crippen molar-refractivity contribution in [2.24, 2.45) is 0 Å². The predicted octanol–water partition coefficient (Wildman–Crippen LogP) is 1.93. The molecule has 1 unspecified atom stereocenters. The average Bonchev–Trinajstić information content (AvgIpc) is 2.58. The number of unbranched alkanes of at least 4 members (excludes halogenated alkanes) is 14. The summed E-state index contributed by atoms with van der Waals surface area (Å²) in [6.45, 7) is 3.58. The molecule has 5 heteroatoms. The Labute approximate surface area is 183 Å². The molecule has 0 aliphatic heterocycles. The molecule has 0 aliphatic rings. The first-order valence-corrected chi connectivity index (χ1v) is 10.5. The van der Waals surface area contributed by atoms with Crippen molar-refractivity contribution in [2.75, 3.05) is 0 Å². The molecule has 0 saturated heterocycles. The monoisotopic (exact) mass is 378 g/mol. The molecule has 0 saturated carbocycles. The SMILES string of the molecule is CCCCCCCCCCCCCCCCCC(=O)OC(C)C(=O)[O-].[Na+]. The first-order valence-electron chi connectivity index (χ1n) is 10.5. The minimum absolute atomic E-state index is 0. The van der Waals surface area contributed by atoms with Crippen LogP contribution < -0.4 is 34.7 Å². The zero-order valence-corrected chi connectivity index (χ0v) is 19.5. The van der Waals surface area contributed by atoms with Gasteiger partial charge < -0.3 is 14.6 Å². The Balaban J connectivity index is 0. The number of rotatable bonds is 18. The van der Waals surface area contributed by atoms with Crippen LogP contribution >= 0.6 is 0 Å². The predicted molar refractivity (Wildman–Crippen MR) is 100 cm³/mol. The number of carboxylic acids is 1. The Morgan fingerprint density at radius 2 is 1.08 bits per heavy atom. The second-order valence-corrected chi connectivity index (χ2v) is 7.15. The molecule has 0 rings (SSSR count). The summed E-state index contributed by atoms with van der Waals surface area (Å²) in [6, 6.07) is 0. The normalized spacial score (nSPS) is 11.6. The molecule has 0 N–H and O–H groups in total. The Kier molecular flexibility index (Phi) is 23.0. The number of carbonyl (C=O) groups excluding carboxylic acids is 2. The van der Waals surface area contributed by atoms with E-state index in [0.717, 1.165) is 19.3 Å². The summed E-state index contributed by atoms with van der Waals surface area (Å²) < 4.78 is 4.73. The number of esters is 1. The van der Waals surface area contributed by atoms with Crippen molar-refractivity contribution in [2.45, 2.75) is 123 Å². The topological polar surface area (TPSA) is 66.4 Å². The van der Waals surface area contributed by atoms with Crippen molar-refractivity contribution in [3.63, 3.8) is 0 Å². The van der Waals surface area contributed by atoms with Gasteiger partial charge in [-0.2, -0.15) is 0 Å². The smallest absolute Gasteiger partial charge is 0.546 e. The van der Waals surface area contributed by atoms with Crippen LogP contribution in [0.3, 0.4) is 0 Å². The number of hydrogen-bond donors (Lipinski definition) is 0. The van der Waals surface area contributed by atoms with Crippen LogP contribution in [0.15, 0.2) is 0 Å². The maximum atomic E-state index is 11.4. The third-order valence-electron chi connectivity index (χ3n) is 4.62. The standard InChI is InChI=1S/C21H40O4.Na/c1-3-4-5-6-7-8-9-10-11-12-13-14-15-16-17-18-20(22)25-19(2)21(23)24;/h19H,3-18H2,1-2H3,(H,23,24);/q;+1/p-1. The van der Waals surface area contributed by atoms with E-state index in [1.165, 1.54) is 84.0 Å². The minimum atomic E-state index is -1.34. The molecule has 26 heavy (non-hydrogen) atoms. The summed E-state index contributed by atoms with van der Waals surface area (Å²) in [5.41, 5.74) is 0. The van der Waals surface area contributed by atoms with E-state index in [0.29, 0.717) is 6.42 Å². The minimum Gasteiger partial charge on any atom is -0.546 e. The maximum Gasteiger partial charge on any atom is 1.00 e. The number of aliphatic carboxylic acids is 1. The van der Waals surface area contributed by atoms with Crippen molar-refractivity contribution in [3.05, 3.63) is 0 Å². The molecule has 0 aromatic rings. The van der Waals surface area contributed by atoms with Gasteiger partial charge in [0.15, 0.2) is 0 Å². The average molecular weight is 379 g/mol. The molecule has 0 heterocycles. The van der Waals surface area contributed by atoms with Crippen molar-refractivity contribution < 1.29 is 49.0 Å². The largest absolute Gasteiger partial charge is 1.00 e. The van der Waals surface area contributed by atoms with E-state index in [1.54, 1.807) is 0 Å². The zero-order chi connectivity index (χ0) is 18.8. The fraction of sp³-hybridized carbons (Fsp3) is 0.905. The summed E-state index contributed by atoms with van der Waals surface area (Å²) in [6.07, 6.45) is 18.3. The molecular weight excluding hydrogens is 339 g/mol. The quantitative estimate of drug-likeness (QED) is 0.208. The van der Waals surface area contributed by atoms with Gasteiger partial charge in [-0.3, -0.25) is 4.79 Å². The molecule has 1 atom stereocenters. The van der Waals surface area contributed by atoms with E-state index in [2.05, 4.69) is 6.92 Å². The van der Waals surface area contributed by atoms with Gasteiger partial charge in [0.2, 0.25) is 0 Å². The van der Waals surface area contributed by atoms with Gasteiger partial charge in [-0.15, -0.1) is 0 Å². The van der Waals surface area contributed by atoms with Crippen LogP contribution in [-0.4, -0.2) is 18.0 Å². The van der Waals surface area contributed by atoms with Crippen LogP contribution in [0.4, 0.5) is 0 Å². The van der Waals surface area contributed by atoms with Crippen molar-refractivity contribution in [1.82, 2.24) is 0 Å². The summed E-state index contributed by atoms with van der Waals surface area (Å²) in [5, 5.41) is 10.5. The molecule has 0 radical (unpaired) electrons. The molecule has 4 nitrogen and oxygen atoms in total. The first kappa shape index (κ1) is 28.2. The molecule has 0 aromatic carbocycles. The van der Waals surface area contributed by atoms with E-state index in [9.17, 15) is 14.7 Å². The van der Waals surface area contributed by atoms with Crippen LogP contribution in [0.2, 0.25) is 0 Å². The van der Waals surface area contributed by atoms with E-state index in [4.69, 9.17) is 4.74 Å². The Morgan fingerprint density at radius 1 is 0.731 bits per heavy atom. The molecule has 0 spiro atoms. The molecule has 0 fully saturated rings. The van der Waals surface area contributed by atoms with Gasteiger partial charge in [-0.1, -0.05) is 96.8 Å². The molecule has 0 aromatic heterocycles. The van der Waals surface area contributed by atoms with Gasteiger partial charge in [0, 0.05) is 6.42 Å². The van der Waals surface area contributed by atoms with E-state index < -0.39 is 18.0 Å². The summed E-state index contributed by atoms with van der Waals surface area (Å²) in [5.74, 6) is -1.78. The van der Waals surface area contributed by atoms with Gasteiger partial charge in [0.25, 0.3) is 0 Å². The Bertz CT molecular complexity index is 334. The third-order valence-corrected chi connectivity index (χ3v) is 4.62. The van der Waals surface area contributed by atoms with Gasteiger partial charge >= 0.3 is 35.5 Å². The van der Waals surface area contributed by atoms with Crippen LogP contribution in [0.1, 0.15) is 117 Å². The van der Waals surface area contributed by atoms with Crippen LogP contribution in [-0.2, 0) is 14.3 Å². The second-order valence-electron chi connectivity index (χ2n) is 7.15. The summed E-state index contributed by atoms with van der Waals surface area (Å²) >= 11 is 0. The molecule has 148 valence electrons. The fourth-order valence-corrected chi connectivity index (χ4v) is 2.94. The van der Waals surface area contributed by atoms with E-state index in [-0.39, 0.29) is 29.6 Å². The molecule has 0 aliphatic carbocycles. The molecular formula is C21H39NaO4. The Morgan fingerprint density at radius 3 is 1.42 bits per heavy atom. The van der Waals surface area contributed by atoms with Crippen molar-refractivity contribution in [1.29, 1.82) is 0 Å². The number of ether oxygens (including phenoxy) is 1. The third kappa shape index (κ3) is 20.3. The van der Waals surface area contributed by atoms with Crippen molar-refractivity contribution >= 4 is 11.9 Å². The number of hydrogen-bond acceptors (Lipinski definition) is 4. The number of carbonyl (C=O) groups is 2. The number of carboxylic acid groups (broad SMARTS) is 1. The summed E-state index contributed by atoms with van der Waals surface area (Å²) in [7, 11) is 0. The Hall–Kier alpha value is -0.0600. The van der Waals surface area contributed by atoms with Crippen LogP contribution in [0, 0.1) is 0 Å². The summed E-state index contributed by atoms with van der Waals surface area (Å²) in [4.78, 5) is 21.8. The molecule has 0 bridgehead atoms. The van der Waals surface area contributed by atoms with Gasteiger partial charge in [0.05, 0.1) is 5.97 Å². The van der Waals surface area contributed by atoms with Gasteiger partial charge in [0.1, 0.15) is 6.10 Å². The van der Waals surface area contributed by atoms with Gasteiger partial charge in [-0.25, -0.2) is 0 Å². The van der Waals surface area contributed by atoms with Crippen LogP contribution in [0.5, 0.6) is 0 Å². The van der Waals surface area contributed by atoms with E-state index >= 15 is 0 Å². The zero-order valence-electron chi connectivity index (χ0n) is 17.5. The second kappa shape index (κ2) is 21.2. The fourth-order valence-electron chi connectivity index (χ4n) is 2.94. The van der Waals surface area contributed by atoms with Crippen molar-refractivity contribution in [3.8, 4) is 0 Å². The molecule has 0 amide bonds. The van der Waals surface area contributed by atoms with Gasteiger partial charge in [-0.05, 0) is 13.3 Å². The first-order chi connectivity index (χ1) is 12.1.